The molecule has 0 radical (unpaired) electrons. The Morgan fingerprint density at radius 3 is 2.30 bits per heavy atom. The van der Waals surface area contributed by atoms with Crippen molar-refractivity contribution < 1.29 is 38.2 Å². The first-order valence-corrected chi connectivity index (χ1v) is 26.7. The van der Waals surface area contributed by atoms with E-state index in [1.807, 2.05) is 81.4 Å². The van der Waals surface area contributed by atoms with Crippen molar-refractivity contribution in [2.24, 2.45) is 16.2 Å². The molecule has 1 aliphatic carbocycles. The van der Waals surface area contributed by atoms with E-state index in [9.17, 15) is 29.2 Å². The first-order chi connectivity index (χ1) is 35.0. The molecule has 394 valence electrons. The number of ether oxygens (including phenoxy) is 3. The van der Waals surface area contributed by atoms with Gasteiger partial charge in [-0.25, -0.2) is 4.98 Å². The standard InChI is InChI=1S/C56H69ClN8O8S/c1-33(36-11-13-37(14-12-36)47-34(2)59-32-74-47)60-49(68)45-27-42(72-35(3)66)30-64(45)51(70)48(54(4,5)6)61-46(67)31-71-24-23-62-19-21-63(22-20-62)40-16-18-43-39(25-40)29-65(50(43)69)52-55(7,8)53(56(52,9)10)73-41-17-15-38(28-58)44(57)26-41/h11-18,25-26,32-33,42,45,48,52-53H,19-24,27,29-31H2,1-10H3,(H,60,68)(H,61,67)/t33-,42?,45?,48?,52?,53?/m0/s1. The van der Waals surface area contributed by atoms with Crippen molar-refractivity contribution >= 4 is 58.2 Å². The molecule has 3 aromatic carbocycles. The summed E-state index contributed by atoms with van der Waals surface area (Å²) in [6, 6.07) is 18.9. The molecule has 0 spiro atoms. The average Bonchev–Trinajstić information content (AvgIpc) is 4.06. The van der Waals surface area contributed by atoms with Gasteiger partial charge in [-0.05, 0) is 66.3 Å². The quantitative estimate of drug-likeness (QED) is 0.0830. The van der Waals surface area contributed by atoms with Crippen LogP contribution >= 0.6 is 22.9 Å². The third-order valence-corrected chi connectivity index (χ3v) is 16.5. The molecule has 1 aromatic heterocycles. The predicted octanol–water partition coefficient (Wildman–Crippen LogP) is 7.56. The van der Waals surface area contributed by atoms with Gasteiger partial charge in [0, 0.05) is 86.8 Å². The van der Waals surface area contributed by atoms with Crippen LogP contribution in [0.4, 0.5) is 5.69 Å². The minimum Gasteiger partial charge on any atom is -0.489 e. The first kappa shape index (κ1) is 54.2. The second-order valence-electron chi connectivity index (χ2n) is 22.4. The number of nitriles is 1. The molecular formula is C56H69ClN8O8S. The van der Waals surface area contributed by atoms with E-state index in [4.69, 9.17) is 25.8 Å². The highest BCUT2D eigenvalue weighted by atomic mass is 35.5. The number of aromatic nitrogens is 1. The van der Waals surface area contributed by atoms with Crippen LogP contribution in [0.2, 0.25) is 5.02 Å². The van der Waals surface area contributed by atoms with Crippen LogP contribution in [0.15, 0.2) is 66.2 Å². The van der Waals surface area contributed by atoms with Crippen LogP contribution in [0.1, 0.15) is 108 Å². The molecule has 18 heteroatoms. The number of carbonyl (C=O) groups excluding carboxylic acids is 5. The number of amides is 4. The van der Waals surface area contributed by atoms with Gasteiger partial charge < -0.3 is 39.5 Å². The SMILES string of the molecule is CC(=O)OC1CC(C(=O)N[C@@H](C)c2ccc(-c3scnc3C)cc2)N(C(=O)C(NC(=O)COCCN2CCN(c3ccc4c(c3)CN(C3C(C)(C)C(Oc5ccc(C#N)c(Cl)c5)C3(C)C)C4=O)CC2)C(C)(C)C)C1. The number of benzene rings is 3. The summed E-state index contributed by atoms with van der Waals surface area (Å²) in [5, 5.41) is 15.6. The molecule has 4 amide bonds. The molecule has 1 saturated carbocycles. The molecule has 3 fully saturated rings. The summed E-state index contributed by atoms with van der Waals surface area (Å²) in [7, 11) is 0. The number of thiazole rings is 1. The van der Waals surface area contributed by atoms with Gasteiger partial charge in [0.25, 0.3) is 5.91 Å². The number of hydrogen-bond acceptors (Lipinski definition) is 13. The summed E-state index contributed by atoms with van der Waals surface area (Å²) < 4.78 is 17.9. The van der Waals surface area contributed by atoms with Crippen LogP contribution in [0.3, 0.4) is 0 Å². The number of hydrogen-bond donors (Lipinski definition) is 2. The lowest BCUT2D eigenvalue weighted by Gasteiger charge is -2.65. The number of nitrogens with one attached hydrogen (secondary N) is 2. The number of anilines is 1. The summed E-state index contributed by atoms with van der Waals surface area (Å²) in [6.07, 6.45) is -0.759. The zero-order valence-electron chi connectivity index (χ0n) is 44.1. The molecular weight excluding hydrogens is 980 g/mol. The van der Waals surface area contributed by atoms with Gasteiger partial charge in [-0.3, -0.25) is 28.9 Å². The molecule has 0 bridgehead atoms. The van der Waals surface area contributed by atoms with Crippen LogP contribution in [0.5, 0.6) is 5.75 Å². The first-order valence-electron chi connectivity index (χ1n) is 25.4. The molecule has 8 rings (SSSR count). The molecule has 16 nitrogen and oxygen atoms in total. The normalized spacial score (nSPS) is 22.0. The second kappa shape index (κ2) is 21.7. The summed E-state index contributed by atoms with van der Waals surface area (Å²) in [6.45, 7) is 23.6. The number of piperazine rings is 1. The van der Waals surface area contributed by atoms with E-state index >= 15 is 0 Å². The molecule has 3 unspecified atom stereocenters. The molecule has 4 aromatic rings. The Balaban J connectivity index is 0.803. The molecule has 2 saturated heterocycles. The Kier molecular flexibility index (Phi) is 15.9. The zero-order valence-corrected chi connectivity index (χ0v) is 45.7. The number of halogens is 1. The van der Waals surface area contributed by atoms with Crippen LogP contribution in [0, 0.1) is 34.5 Å². The van der Waals surface area contributed by atoms with Crippen LogP contribution < -0.4 is 20.3 Å². The number of rotatable bonds is 16. The minimum atomic E-state index is -0.996. The smallest absolute Gasteiger partial charge is 0.302 e. The summed E-state index contributed by atoms with van der Waals surface area (Å²) in [4.78, 5) is 81.3. The van der Waals surface area contributed by atoms with E-state index in [1.165, 1.54) is 11.8 Å². The number of nitrogens with zero attached hydrogens (tertiary/aromatic N) is 6. The lowest BCUT2D eigenvalue weighted by Crippen LogP contribution is -2.74. The lowest BCUT2D eigenvalue weighted by molar-refractivity contribution is -0.199. The molecule has 74 heavy (non-hydrogen) atoms. The van der Waals surface area contributed by atoms with Gasteiger partial charge in [0.15, 0.2) is 0 Å². The Hall–Kier alpha value is -6.06. The van der Waals surface area contributed by atoms with E-state index in [2.05, 4.69) is 65.2 Å². The van der Waals surface area contributed by atoms with Gasteiger partial charge in [0.1, 0.15) is 42.7 Å². The Morgan fingerprint density at radius 2 is 1.68 bits per heavy atom. The van der Waals surface area contributed by atoms with Gasteiger partial charge in [0.05, 0.1) is 45.9 Å². The number of fused-ring (bicyclic) bond motifs is 1. The van der Waals surface area contributed by atoms with Crippen LogP contribution in [0.25, 0.3) is 10.4 Å². The largest absolute Gasteiger partial charge is 0.489 e. The highest BCUT2D eigenvalue weighted by Crippen LogP contribution is 2.59. The van der Waals surface area contributed by atoms with Gasteiger partial charge in [0.2, 0.25) is 17.7 Å². The topological polar surface area (TPSA) is 187 Å². The van der Waals surface area contributed by atoms with Crippen molar-refractivity contribution in [3.05, 3.63) is 99.1 Å². The molecule has 2 N–H and O–H groups in total. The zero-order chi connectivity index (χ0) is 53.4. The van der Waals surface area contributed by atoms with Gasteiger partial charge in [-0.15, -0.1) is 11.3 Å². The summed E-state index contributed by atoms with van der Waals surface area (Å²) >= 11 is 7.89. The maximum Gasteiger partial charge on any atom is 0.302 e. The van der Waals surface area contributed by atoms with Gasteiger partial charge in [-0.2, -0.15) is 5.26 Å². The van der Waals surface area contributed by atoms with Crippen molar-refractivity contribution in [3.63, 3.8) is 0 Å². The fourth-order valence-electron chi connectivity index (χ4n) is 11.9. The Labute approximate surface area is 443 Å². The van der Waals surface area contributed by atoms with E-state index in [1.54, 1.807) is 29.5 Å². The molecule has 3 aliphatic heterocycles. The predicted molar refractivity (Wildman–Crippen MR) is 284 cm³/mol. The van der Waals surface area contributed by atoms with Gasteiger partial charge in [-0.1, -0.05) is 84.3 Å². The van der Waals surface area contributed by atoms with E-state index in [0.717, 1.165) is 64.7 Å². The summed E-state index contributed by atoms with van der Waals surface area (Å²) in [5.74, 6) is -1.16. The molecule has 4 heterocycles. The van der Waals surface area contributed by atoms with Crippen molar-refractivity contribution in [2.45, 2.75) is 119 Å². The number of carbonyl (C=O) groups is 5. The molecule has 4 aliphatic rings. The van der Waals surface area contributed by atoms with Crippen LogP contribution in [-0.4, -0.2) is 132 Å². The Bertz CT molecular complexity index is 2800. The summed E-state index contributed by atoms with van der Waals surface area (Å²) in [5.41, 5.74) is 6.42. The van der Waals surface area contributed by atoms with E-state index in [-0.39, 0.29) is 60.4 Å². The highest BCUT2D eigenvalue weighted by molar-refractivity contribution is 7.13. The number of aryl methyl sites for hydroxylation is 1. The Morgan fingerprint density at radius 1 is 0.973 bits per heavy atom. The number of likely N-dealkylation sites (tertiary alicyclic amines) is 1. The maximum absolute atomic E-state index is 14.4. The van der Waals surface area contributed by atoms with E-state index < -0.39 is 41.4 Å². The second-order valence-corrected chi connectivity index (χ2v) is 23.7. The van der Waals surface area contributed by atoms with Crippen LogP contribution in [-0.2, 0) is 35.2 Å². The number of esters is 1. The fourth-order valence-corrected chi connectivity index (χ4v) is 12.9. The average molecular weight is 1050 g/mol. The van der Waals surface area contributed by atoms with Crippen molar-refractivity contribution in [1.29, 1.82) is 5.26 Å². The monoisotopic (exact) mass is 1050 g/mol. The molecule has 4 atom stereocenters. The third kappa shape index (κ3) is 11.3. The van der Waals surface area contributed by atoms with Gasteiger partial charge >= 0.3 is 5.97 Å². The van der Waals surface area contributed by atoms with Crippen molar-refractivity contribution in [2.75, 3.05) is 57.4 Å². The van der Waals surface area contributed by atoms with E-state index in [0.29, 0.717) is 36.0 Å². The third-order valence-electron chi connectivity index (χ3n) is 15.2. The lowest BCUT2D eigenvalue weighted by atomic mass is 9.49. The fraction of sp³-hybridized carbons (Fsp3) is 0.518. The van der Waals surface area contributed by atoms with Crippen molar-refractivity contribution in [1.82, 2.24) is 30.3 Å². The maximum atomic E-state index is 14.4. The van der Waals surface area contributed by atoms with Crippen molar-refractivity contribution in [3.8, 4) is 22.3 Å². The highest BCUT2D eigenvalue weighted by Gasteiger charge is 2.67. The minimum absolute atomic E-state index is 0.0132.